The van der Waals surface area contributed by atoms with Crippen LogP contribution in [0.25, 0.3) is 11.1 Å². The molecule has 0 atom stereocenters. The minimum absolute atomic E-state index is 0.294. The van der Waals surface area contributed by atoms with Crippen molar-refractivity contribution in [1.29, 1.82) is 0 Å². The fourth-order valence-corrected chi connectivity index (χ4v) is 2.68. The minimum Gasteiger partial charge on any atom is -0.317 e. The van der Waals surface area contributed by atoms with Gasteiger partial charge in [0, 0.05) is 23.4 Å². The number of benzene rings is 1. The van der Waals surface area contributed by atoms with Gasteiger partial charge in [0.1, 0.15) is 0 Å². The molecule has 104 valence electrons. The third kappa shape index (κ3) is 2.56. The predicted molar refractivity (Wildman–Crippen MR) is 74.4 cm³/mol. The van der Waals surface area contributed by atoms with Crippen LogP contribution >= 0.6 is 0 Å². The predicted octanol–water partition coefficient (Wildman–Crippen LogP) is 3.49. The Balaban J connectivity index is 1.96. The van der Waals surface area contributed by atoms with Gasteiger partial charge in [-0.05, 0) is 49.7 Å². The molecule has 1 aliphatic rings. The normalized spacial score (nSPS) is 16.3. The Bertz CT molecular complexity index is 607. The number of aromatic nitrogens is 1. The molecule has 1 aromatic carbocycles. The van der Waals surface area contributed by atoms with Gasteiger partial charge in [-0.15, -0.1) is 0 Å². The van der Waals surface area contributed by atoms with Crippen LogP contribution in [0.2, 0.25) is 0 Å². The molecule has 1 aromatic heterocycles. The second-order valence-corrected chi connectivity index (χ2v) is 5.10. The average molecular weight is 274 g/mol. The summed E-state index contributed by atoms with van der Waals surface area (Å²) in [5, 5.41) is 3.31. The van der Waals surface area contributed by atoms with Gasteiger partial charge in [-0.3, -0.25) is 4.98 Å². The van der Waals surface area contributed by atoms with Crippen LogP contribution in [0.4, 0.5) is 8.78 Å². The van der Waals surface area contributed by atoms with Crippen LogP contribution in [0.3, 0.4) is 0 Å². The molecular formula is C16H16F2N2. The average Bonchev–Trinajstić information content (AvgIpc) is 2.51. The molecule has 0 amide bonds. The van der Waals surface area contributed by atoms with Crippen molar-refractivity contribution >= 4 is 0 Å². The first-order valence-corrected chi connectivity index (χ1v) is 6.87. The fourth-order valence-electron chi connectivity index (χ4n) is 2.68. The van der Waals surface area contributed by atoms with E-state index in [1.165, 1.54) is 6.07 Å². The van der Waals surface area contributed by atoms with Crippen LogP contribution in [0.5, 0.6) is 0 Å². The van der Waals surface area contributed by atoms with Gasteiger partial charge in [0.25, 0.3) is 0 Å². The Kier molecular flexibility index (Phi) is 3.74. The second kappa shape index (κ2) is 5.67. The molecule has 0 unspecified atom stereocenters. The molecule has 4 heteroatoms. The Morgan fingerprint density at radius 1 is 1.10 bits per heavy atom. The van der Waals surface area contributed by atoms with Gasteiger partial charge in [0.15, 0.2) is 11.6 Å². The first-order valence-electron chi connectivity index (χ1n) is 6.87. The molecule has 20 heavy (non-hydrogen) atoms. The standard InChI is InChI=1S/C16H16F2N2/c17-14-3-1-2-13(16(14)18)12-6-9-20-15(10-12)11-4-7-19-8-5-11/h1-3,6,9-11,19H,4-5,7-8H2. The van der Waals surface area contributed by atoms with E-state index in [0.29, 0.717) is 17.0 Å². The van der Waals surface area contributed by atoms with E-state index in [2.05, 4.69) is 10.3 Å². The fraction of sp³-hybridized carbons (Fsp3) is 0.312. The summed E-state index contributed by atoms with van der Waals surface area (Å²) >= 11 is 0. The lowest BCUT2D eigenvalue weighted by atomic mass is 9.92. The largest absolute Gasteiger partial charge is 0.317 e. The highest BCUT2D eigenvalue weighted by Crippen LogP contribution is 2.29. The molecule has 0 bridgehead atoms. The summed E-state index contributed by atoms with van der Waals surface area (Å²) < 4.78 is 27.2. The number of rotatable bonds is 2. The molecule has 0 spiro atoms. The number of hydrogen-bond donors (Lipinski definition) is 1. The summed E-state index contributed by atoms with van der Waals surface area (Å²) in [4.78, 5) is 4.40. The topological polar surface area (TPSA) is 24.9 Å². The van der Waals surface area contributed by atoms with E-state index in [1.54, 1.807) is 18.3 Å². The SMILES string of the molecule is Fc1cccc(-c2ccnc(C3CCNCC3)c2)c1F. The highest BCUT2D eigenvalue weighted by molar-refractivity contribution is 5.64. The zero-order valence-corrected chi connectivity index (χ0v) is 11.1. The summed E-state index contributed by atoms with van der Waals surface area (Å²) in [6, 6.07) is 7.86. The van der Waals surface area contributed by atoms with E-state index in [1.807, 2.05) is 6.07 Å². The second-order valence-electron chi connectivity index (χ2n) is 5.10. The number of nitrogens with zero attached hydrogens (tertiary/aromatic N) is 1. The van der Waals surface area contributed by atoms with Crippen LogP contribution in [0, 0.1) is 11.6 Å². The lowest BCUT2D eigenvalue weighted by Crippen LogP contribution is -2.27. The molecule has 3 rings (SSSR count). The lowest BCUT2D eigenvalue weighted by molar-refractivity contribution is 0.453. The van der Waals surface area contributed by atoms with Crippen LogP contribution < -0.4 is 5.32 Å². The summed E-state index contributed by atoms with van der Waals surface area (Å²) in [7, 11) is 0. The zero-order valence-electron chi connectivity index (χ0n) is 11.1. The number of hydrogen-bond acceptors (Lipinski definition) is 2. The van der Waals surface area contributed by atoms with E-state index in [9.17, 15) is 8.78 Å². The molecule has 2 aromatic rings. The van der Waals surface area contributed by atoms with E-state index >= 15 is 0 Å². The third-order valence-electron chi connectivity index (χ3n) is 3.80. The smallest absolute Gasteiger partial charge is 0.166 e. The van der Waals surface area contributed by atoms with E-state index in [0.717, 1.165) is 37.7 Å². The van der Waals surface area contributed by atoms with Crippen molar-refractivity contribution in [2.75, 3.05) is 13.1 Å². The molecular weight excluding hydrogens is 258 g/mol. The van der Waals surface area contributed by atoms with E-state index in [4.69, 9.17) is 0 Å². The summed E-state index contributed by atoms with van der Waals surface area (Å²) in [5.74, 6) is -1.22. The number of halogens is 2. The highest BCUT2D eigenvalue weighted by Gasteiger charge is 2.17. The first-order chi connectivity index (χ1) is 9.75. The van der Waals surface area contributed by atoms with Gasteiger partial charge < -0.3 is 5.32 Å². The lowest BCUT2D eigenvalue weighted by Gasteiger charge is -2.22. The third-order valence-corrected chi connectivity index (χ3v) is 3.80. The maximum Gasteiger partial charge on any atom is 0.166 e. The van der Waals surface area contributed by atoms with Crippen molar-refractivity contribution in [3.05, 3.63) is 53.9 Å². The Morgan fingerprint density at radius 3 is 2.70 bits per heavy atom. The molecule has 1 saturated heterocycles. The maximum atomic E-state index is 13.9. The molecule has 1 N–H and O–H groups in total. The van der Waals surface area contributed by atoms with Crippen molar-refractivity contribution < 1.29 is 8.78 Å². The van der Waals surface area contributed by atoms with Crippen LogP contribution in [0.15, 0.2) is 36.5 Å². The van der Waals surface area contributed by atoms with Crippen LogP contribution in [-0.4, -0.2) is 18.1 Å². The van der Waals surface area contributed by atoms with Gasteiger partial charge in [-0.2, -0.15) is 0 Å². The molecule has 1 aliphatic heterocycles. The first kappa shape index (κ1) is 13.2. The zero-order chi connectivity index (χ0) is 13.9. The van der Waals surface area contributed by atoms with Crippen LogP contribution in [-0.2, 0) is 0 Å². The van der Waals surface area contributed by atoms with Crippen molar-refractivity contribution in [2.24, 2.45) is 0 Å². The van der Waals surface area contributed by atoms with Gasteiger partial charge in [-0.1, -0.05) is 12.1 Å². The molecule has 1 fully saturated rings. The van der Waals surface area contributed by atoms with Gasteiger partial charge in [-0.25, -0.2) is 8.78 Å². The van der Waals surface area contributed by atoms with Gasteiger partial charge in [0.2, 0.25) is 0 Å². The summed E-state index contributed by atoms with van der Waals surface area (Å²) in [6.45, 7) is 1.95. The quantitative estimate of drug-likeness (QED) is 0.906. The Hall–Kier alpha value is -1.81. The van der Waals surface area contributed by atoms with Gasteiger partial charge >= 0.3 is 0 Å². The molecule has 2 nitrogen and oxygen atoms in total. The van der Waals surface area contributed by atoms with Gasteiger partial charge in [0.05, 0.1) is 0 Å². The van der Waals surface area contributed by atoms with E-state index in [-0.39, 0.29) is 0 Å². The number of piperidine rings is 1. The van der Waals surface area contributed by atoms with Crippen molar-refractivity contribution in [3.63, 3.8) is 0 Å². The minimum atomic E-state index is -0.817. The van der Waals surface area contributed by atoms with Crippen molar-refractivity contribution in [2.45, 2.75) is 18.8 Å². The van der Waals surface area contributed by atoms with Crippen molar-refractivity contribution in [1.82, 2.24) is 10.3 Å². The highest BCUT2D eigenvalue weighted by atomic mass is 19.2. The maximum absolute atomic E-state index is 13.9. The number of nitrogens with one attached hydrogen (secondary N) is 1. The van der Waals surface area contributed by atoms with E-state index < -0.39 is 11.6 Å². The molecule has 2 heterocycles. The number of pyridine rings is 1. The Labute approximate surface area is 116 Å². The summed E-state index contributed by atoms with van der Waals surface area (Å²) in [5.41, 5.74) is 1.95. The molecule has 0 saturated carbocycles. The molecule has 0 aliphatic carbocycles. The molecule has 0 radical (unpaired) electrons. The van der Waals surface area contributed by atoms with Crippen LogP contribution in [0.1, 0.15) is 24.5 Å². The monoisotopic (exact) mass is 274 g/mol. The summed E-state index contributed by atoms with van der Waals surface area (Å²) in [6.07, 6.45) is 3.74. The Morgan fingerprint density at radius 2 is 1.90 bits per heavy atom. The van der Waals surface area contributed by atoms with Crippen molar-refractivity contribution in [3.8, 4) is 11.1 Å².